The van der Waals surface area contributed by atoms with Crippen LogP contribution in [-0.4, -0.2) is 11.1 Å². The van der Waals surface area contributed by atoms with Crippen molar-refractivity contribution in [3.05, 3.63) is 24.8 Å². The van der Waals surface area contributed by atoms with Crippen molar-refractivity contribution in [3.63, 3.8) is 0 Å². The van der Waals surface area contributed by atoms with E-state index < -0.39 is 5.97 Å². The van der Waals surface area contributed by atoms with Crippen LogP contribution in [0.4, 0.5) is 0 Å². The molecule has 1 unspecified atom stereocenters. The van der Waals surface area contributed by atoms with Gasteiger partial charge in [0.2, 0.25) is 0 Å². The first-order chi connectivity index (χ1) is 9.70. The lowest BCUT2D eigenvalue weighted by Crippen LogP contribution is -2.07. The number of carboxylic acids is 1. The van der Waals surface area contributed by atoms with Crippen LogP contribution in [0.3, 0.4) is 0 Å². The van der Waals surface area contributed by atoms with Gasteiger partial charge in [0.05, 0.1) is 0 Å². The first-order valence-electron chi connectivity index (χ1n) is 8.18. The predicted octanol–water partition coefficient (Wildman–Crippen LogP) is 5.74. The third-order valence-electron chi connectivity index (χ3n) is 3.59. The van der Waals surface area contributed by atoms with Crippen LogP contribution >= 0.6 is 0 Å². The Hall–Kier alpha value is -1.05. The van der Waals surface area contributed by atoms with Gasteiger partial charge in [0, 0.05) is 6.42 Å². The quantitative estimate of drug-likeness (QED) is 0.325. The van der Waals surface area contributed by atoms with Gasteiger partial charge in [-0.25, -0.2) is 0 Å². The Morgan fingerprint density at radius 2 is 1.85 bits per heavy atom. The molecular weight excluding hydrogens is 248 g/mol. The van der Waals surface area contributed by atoms with Crippen molar-refractivity contribution in [2.75, 3.05) is 0 Å². The van der Waals surface area contributed by atoms with E-state index in [0.29, 0.717) is 12.3 Å². The summed E-state index contributed by atoms with van der Waals surface area (Å²) in [5, 5.41) is 8.95. The maximum absolute atomic E-state index is 10.9. The van der Waals surface area contributed by atoms with Gasteiger partial charge in [-0.05, 0) is 44.4 Å². The van der Waals surface area contributed by atoms with Crippen molar-refractivity contribution >= 4 is 5.97 Å². The van der Waals surface area contributed by atoms with E-state index in [4.69, 9.17) is 5.11 Å². The minimum atomic E-state index is -0.671. The molecule has 0 amide bonds. The fraction of sp³-hybridized carbons (Fsp3) is 0.722. The first-order valence-corrected chi connectivity index (χ1v) is 8.18. The van der Waals surface area contributed by atoms with Gasteiger partial charge in [-0.1, -0.05) is 50.8 Å². The van der Waals surface area contributed by atoms with Crippen LogP contribution in [0.1, 0.15) is 77.6 Å². The summed E-state index contributed by atoms with van der Waals surface area (Å²) in [4.78, 5) is 10.9. The van der Waals surface area contributed by atoms with Crippen LogP contribution in [-0.2, 0) is 4.79 Å². The number of hydrogen-bond donors (Lipinski definition) is 1. The average molecular weight is 280 g/mol. The molecule has 0 fully saturated rings. The van der Waals surface area contributed by atoms with Gasteiger partial charge in [0.15, 0.2) is 0 Å². The maximum atomic E-state index is 10.9. The lowest BCUT2D eigenvalue weighted by atomic mass is 9.94. The standard InChI is InChI=1S/C18H32O2/c1-3-5-7-9-10-11-13-15-17(16-18(19)20)14-12-8-6-4-2/h4,11,13,17H,2-3,5-10,12,14-16H2,1H3,(H,19,20)/b13-11-. The number of aliphatic carboxylic acids is 1. The number of carbonyl (C=O) groups is 1. The van der Waals surface area contributed by atoms with E-state index in [0.717, 1.165) is 38.5 Å². The molecule has 0 aliphatic heterocycles. The molecule has 2 heteroatoms. The minimum Gasteiger partial charge on any atom is -0.481 e. The predicted molar refractivity (Wildman–Crippen MR) is 86.9 cm³/mol. The largest absolute Gasteiger partial charge is 0.481 e. The highest BCUT2D eigenvalue weighted by atomic mass is 16.4. The summed E-state index contributed by atoms with van der Waals surface area (Å²) < 4.78 is 0. The molecule has 0 rings (SSSR count). The Labute approximate surface area is 125 Å². The summed E-state index contributed by atoms with van der Waals surface area (Å²) in [5.41, 5.74) is 0. The monoisotopic (exact) mass is 280 g/mol. The molecule has 116 valence electrons. The van der Waals surface area contributed by atoms with Gasteiger partial charge in [-0.2, -0.15) is 0 Å². The Bertz CT molecular complexity index is 269. The highest BCUT2D eigenvalue weighted by molar-refractivity contribution is 5.67. The molecule has 0 spiro atoms. The summed E-state index contributed by atoms with van der Waals surface area (Å²) in [7, 11) is 0. The molecule has 0 aromatic heterocycles. The smallest absolute Gasteiger partial charge is 0.303 e. The fourth-order valence-electron chi connectivity index (χ4n) is 2.37. The van der Waals surface area contributed by atoms with E-state index in [1.165, 1.54) is 25.7 Å². The van der Waals surface area contributed by atoms with E-state index >= 15 is 0 Å². The molecule has 0 aliphatic rings. The van der Waals surface area contributed by atoms with Crippen molar-refractivity contribution in [1.82, 2.24) is 0 Å². The van der Waals surface area contributed by atoms with Crippen molar-refractivity contribution in [1.29, 1.82) is 0 Å². The summed E-state index contributed by atoms with van der Waals surface area (Å²) in [6.07, 6.45) is 18.1. The molecule has 0 saturated carbocycles. The third-order valence-corrected chi connectivity index (χ3v) is 3.59. The molecule has 20 heavy (non-hydrogen) atoms. The Morgan fingerprint density at radius 1 is 1.10 bits per heavy atom. The highest BCUT2D eigenvalue weighted by Gasteiger charge is 2.11. The molecule has 1 N–H and O–H groups in total. The number of allylic oxidation sites excluding steroid dienone is 3. The lowest BCUT2D eigenvalue weighted by Gasteiger charge is -2.12. The van der Waals surface area contributed by atoms with Gasteiger partial charge in [0.1, 0.15) is 0 Å². The summed E-state index contributed by atoms with van der Waals surface area (Å²) in [6.45, 7) is 5.93. The van der Waals surface area contributed by atoms with Crippen LogP contribution in [0.25, 0.3) is 0 Å². The molecule has 0 aromatic rings. The molecule has 0 aliphatic carbocycles. The topological polar surface area (TPSA) is 37.3 Å². The van der Waals surface area contributed by atoms with Crippen LogP contribution in [0.2, 0.25) is 0 Å². The fourth-order valence-corrected chi connectivity index (χ4v) is 2.37. The normalized spacial score (nSPS) is 12.7. The van der Waals surface area contributed by atoms with Gasteiger partial charge < -0.3 is 5.11 Å². The van der Waals surface area contributed by atoms with Crippen molar-refractivity contribution < 1.29 is 9.90 Å². The molecular formula is C18H32O2. The molecule has 2 nitrogen and oxygen atoms in total. The number of unbranched alkanes of at least 4 members (excludes halogenated alkanes) is 6. The summed E-state index contributed by atoms with van der Waals surface area (Å²) >= 11 is 0. The van der Waals surface area contributed by atoms with Crippen LogP contribution < -0.4 is 0 Å². The van der Waals surface area contributed by atoms with Gasteiger partial charge >= 0.3 is 5.97 Å². The maximum Gasteiger partial charge on any atom is 0.303 e. The third kappa shape index (κ3) is 13.4. The zero-order chi connectivity index (χ0) is 15.1. The molecule has 1 atom stereocenters. The van der Waals surface area contributed by atoms with E-state index in [2.05, 4.69) is 25.7 Å². The SMILES string of the molecule is C=CCCCCC(C/C=C\CCCCCC)CC(=O)O. The van der Waals surface area contributed by atoms with Crippen LogP contribution in [0.15, 0.2) is 24.8 Å². The van der Waals surface area contributed by atoms with E-state index in [-0.39, 0.29) is 0 Å². The van der Waals surface area contributed by atoms with Crippen molar-refractivity contribution in [2.24, 2.45) is 5.92 Å². The van der Waals surface area contributed by atoms with E-state index in [9.17, 15) is 4.79 Å². The van der Waals surface area contributed by atoms with Crippen molar-refractivity contribution in [2.45, 2.75) is 77.6 Å². The molecule has 0 aromatic carbocycles. The Kier molecular flexibility index (Phi) is 13.6. The molecule has 0 heterocycles. The highest BCUT2D eigenvalue weighted by Crippen LogP contribution is 2.19. The number of rotatable bonds is 14. The zero-order valence-corrected chi connectivity index (χ0v) is 13.2. The minimum absolute atomic E-state index is 0.296. The number of carboxylic acid groups (broad SMARTS) is 1. The van der Waals surface area contributed by atoms with Crippen LogP contribution in [0, 0.1) is 5.92 Å². The van der Waals surface area contributed by atoms with E-state index in [1.807, 2.05) is 6.08 Å². The molecule has 0 saturated heterocycles. The van der Waals surface area contributed by atoms with Gasteiger partial charge in [-0.15, -0.1) is 6.58 Å². The average Bonchev–Trinajstić information content (AvgIpc) is 2.41. The van der Waals surface area contributed by atoms with Crippen LogP contribution in [0.5, 0.6) is 0 Å². The van der Waals surface area contributed by atoms with E-state index in [1.54, 1.807) is 0 Å². The first kappa shape index (κ1) is 18.9. The van der Waals surface area contributed by atoms with Gasteiger partial charge in [0.25, 0.3) is 0 Å². The molecule has 0 bridgehead atoms. The second kappa shape index (κ2) is 14.4. The van der Waals surface area contributed by atoms with Gasteiger partial charge in [-0.3, -0.25) is 4.79 Å². The zero-order valence-electron chi connectivity index (χ0n) is 13.2. The lowest BCUT2D eigenvalue weighted by molar-refractivity contribution is -0.138. The Morgan fingerprint density at radius 3 is 2.50 bits per heavy atom. The summed E-state index contributed by atoms with van der Waals surface area (Å²) in [6, 6.07) is 0. The Balaban J connectivity index is 3.81. The second-order valence-electron chi connectivity index (χ2n) is 5.59. The summed E-state index contributed by atoms with van der Waals surface area (Å²) in [5.74, 6) is -0.376. The van der Waals surface area contributed by atoms with Crippen molar-refractivity contribution in [3.8, 4) is 0 Å². The second-order valence-corrected chi connectivity index (χ2v) is 5.59. The number of hydrogen-bond acceptors (Lipinski definition) is 1. The molecule has 0 radical (unpaired) electrons.